The molecule has 0 aliphatic carbocycles. The van der Waals surface area contributed by atoms with Gasteiger partial charge in [0.15, 0.2) is 0 Å². The molecule has 17 heavy (non-hydrogen) atoms. The number of likely N-dealkylation sites (tertiary alicyclic amines) is 1. The summed E-state index contributed by atoms with van der Waals surface area (Å²) < 4.78 is 10.1. The van der Waals surface area contributed by atoms with Crippen LogP contribution in [0, 0.1) is 0 Å². The highest BCUT2D eigenvalue weighted by Gasteiger charge is 2.23. The SMILES string of the molecule is COCCOCC(=O)N1CCCCCC1CN. The number of ether oxygens (including phenoxy) is 2. The first kappa shape index (κ1) is 14.4. The van der Waals surface area contributed by atoms with Gasteiger partial charge in [-0.05, 0) is 12.8 Å². The van der Waals surface area contributed by atoms with Gasteiger partial charge in [0.25, 0.3) is 0 Å². The van der Waals surface area contributed by atoms with E-state index in [9.17, 15) is 4.79 Å². The fraction of sp³-hybridized carbons (Fsp3) is 0.917. The van der Waals surface area contributed by atoms with Crippen molar-refractivity contribution in [1.82, 2.24) is 4.90 Å². The first-order valence-electron chi connectivity index (χ1n) is 6.35. The Hall–Kier alpha value is -0.650. The van der Waals surface area contributed by atoms with E-state index in [-0.39, 0.29) is 18.6 Å². The van der Waals surface area contributed by atoms with E-state index in [2.05, 4.69) is 0 Å². The van der Waals surface area contributed by atoms with Crippen molar-refractivity contribution in [2.75, 3.05) is 40.0 Å². The predicted octanol–water partition coefficient (Wildman–Crippen LogP) is 0.379. The summed E-state index contributed by atoms with van der Waals surface area (Å²) in [7, 11) is 1.62. The molecular formula is C12H24N2O3. The normalized spacial score (nSPS) is 21.3. The highest BCUT2D eigenvalue weighted by atomic mass is 16.5. The smallest absolute Gasteiger partial charge is 0.248 e. The molecule has 0 aromatic carbocycles. The van der Waals surface area contributed by atoms with Crippen LogP contribution in [0.3, 0.4) is 0 Å². The first-order chi connectivity index (χ1) is 8.29. The Morgan fingerprint density at radius 3 is 2.88 bits per heavy atom. The summed E-state index contributed by atoms with van der Waals surface area (Å²) in [6, 6.07) is 0.191. The summed E-state index contributed by atoms with van der Waals surface area (Å²) in [4.78, 5) is 13.9. The van der Waals surface area contributed by atoms with Crippen molar-refractivity contribution in [1.29, 1.82) is 0 Å². The van der Waals surface area contributed by atoms with Crippen molar-refractivity contribution in [2.45, 2.75) is 31.7 Å². The van der Waals surface area contributed by atoms with Gasteiger partial charge in [-0.3, -0.25) is 4.79 Å². The van der Waals surface area contributed by atoms with E-state index in [1.165, 1.54) is 6.42 Å². The highest BCUT2D eigenvalue weighted by Crippen LogP contribution is 2.16. The topological polar surface area (TPSA) is 64.8 Å². The fourth-order valence-corrected chi connectivity index (χ4v) is 2.14. The Bertz CT molecular complexity index is 224. The molecule has 1 aliphatic heterocycles. The Balaban J connectivity index is 2.35. The Morgan fingerprint density at radius 2 is 2.18 bits per heavy atom. The predicted molar refractivity (Wildman–Crippen MR) is 65.7 cm³/mol. The number of hydrogen-bond donors (Lipinski definition) is 1. The van der Waals surface area contributed by atoms with Gasteiger partial charge in [-0.25, -0.2) is 0 Å². The van der Waals surface area contributed by atoms with Crippen LogP contribution < -0.4 is 5.73 Å². The average Bonchev–Trinajstić information content (AvgIpc) is 2.59. The lowest BCUT2D eigenvalue weighted by Gasteiger charge is -2.29. The average molecular weight is 244 g/mol. The van der Waals surface area contributed by atoms with Gasteiger partial charge in [-0.15, -0.1) is 0 Å². The third-order valence-corrected chi connectivity index (χ3v) is 3.13. The van der Waals surface area contributed by atoms with Crippen LogP contribution in [0.25, 0.3) is 0 Å². The molecule has 5 heteroatoms. The first-order valence-corrected chi connectivity index (χ1v) is 6.35. The van der Waals surface area contributed by atoms with E-state index < -0.39 is 0 Å². The van der Waals surface area contributed by atoms with Crippen molar-refractivity contribution in [3.63, 3.8) is 0 Å². The van der Waals surface area contributed by atoms with E-state index in [1.807, 2.05) is 4.90 Å². The monoisotopic (exact) mass is 244 g/mol. The summed E-state index contributed by atoms with van der Waals surface area (Å²) in [6.07, 6.45) is 4.43. The summed E-state index contributed by atoms with van der Waals surface area (Å²) in [5.74, 6) is 0.0541. The molecule has 0 radical (unpaired) electrons. The number of rotatable bonds is 6. The maximum atomic E-state index is 12.0. The molecule has 100 valence electrons. The molecule has 5 nitrogen and oxygen atoms in total. The van der Waals surface area contributed by atoms with Crippen molar-refractivity contribution in [3.8, 4) is 0 Å². The van der Waals surface area contributed by atoms with Gasteiger partial charge in [0.2, 0.25) is 5.91 Å². The second-order valence-corrected chi connectivity index (χ2v) is 4.37. The van der Waals surface area contributed by atoms with E-state index in [1.54, 1.807) is 7.11 Å². The minimum atomic E-state index is 0.0541. The lowest BCUT2D eigenvalue weighted by atomic mass is 10.1. The van der Waals surface area contributed by atoms with Gasteiger partial charge in [-0.2, -0.15) is 0 Å². The second-order valence-electron chi connectivity index (χ2n) is 4.37. The van der Waals surface area contributed by atoms with Gasteiger partial charge < -0.3 is 20.1 Å². The van der Waals surface area contributed by atoms with Crippen LogP contribution in [0.4, 0.5) is 0 Å². The molecule has 0 aromatic heterocycles. The molecule has 0 aromatic rings. The van der Waals surface area contributed by atoms with Gasteiger partial charge in [-0.1, -0.05) is 12.8 Å². The maximum Gasteiger partial charge on any atom is 0.248 e. The molecule has 0 spiro atoms. The number of carbonyl (C=O) groups is 1. The minimum Gasteiger partial charge on any atom is -0.382 e. The van der Waals surface area contributed by atoms with Crippen LogP contribution in [0.15, 0.2) is 0 Å². The van der Waals surface area contributed by atoms with Crippen molar-refractivity contribution in [3.05, 3.63) is 0 Å². The number of hydrogen-bond acceptors (Lipinski definition) is 4. The third kappa shape index (κ3) is 5.02. The van der Waals surface area contributed by atoms with E-state index in [0.717, 1.165) is 25.8 Å². The second kappa shape index (κ2) is 8.44. The molecule has 1 unspecified atom stereocenters. The van der Waals surface area contributed by atoms with Crippen LogP contribution >= 0.6 is 0 Å². The Labute approximate surface area is 103 Å². The molecule has 0 saturated carbocycles. The minimum absolute atomic E-state index is 0.0541. The number of carbonyl (C=O) groups excluding carboxylic acids is 1. The van der Waals surface area contributed by atoms with Crippen LogP contribution in [-0.2, 0) is 14.3 Å². The van der Waals surface area contributed by atoms with Gasteiger partial charge in [0.05, 0.1) is 13.2 Å². The molecule has 1 heterocycles. The molecule has 1 atom stereocenters. The molecule has 2 N–H and O–H groups in total. The maximum absolute atomic E-state index is 12.0. The van der Waals surface area contributed by atoms with Gasteiger partial charge in [0.1, 0.15) is 6.61 Å². The van der Waals surface area contributed by atoms with Gasteiger partial charge in [0, 0.05) is 26.2 Å². The van der Waals surface area contributed by atoms with E-state index >= 15 is 0 Å². The molecular weight excluding hydrogens is 220 g/mol. The number of amides is 1. The molecule has 0 bridgehead atoms. The molecule has 1 fully saturated rings. The van der Waals surface area contributed by atoms with Crippen LogP contribution in [0.2, 0.25) is 0 Å². The standard InChI is InChI=1S/C12H24N2O3/c1-16-7-8-17-10-12(15)14-6-4-2-3-5-11(14)9-13/h11H,2-10,13H2,1H3. The zero-order chi connectivity index (χ0) is 12.5. The summed E-state index contributed by atoms with van der Waals surface area (Å²) in [6.45, 7) is 2.48. The number of nitrogens with two attached hydrogens (primary N) is 1. The molecule has 1 rings (SSSR count). The third-order valence-electron chi connectivity index (χ3n) is 3.13. The van der Waals surface area contributed by atoms with Crippen LogP contribution in [0.1, 0.15) is 25.7 Å². The zero-order valence-electron chi connectivity index (χ0n) is 10.7. The van der Waals surface area contributed by atoms with Crippen molar-refractivity contribution >= 4 is 5.91 Å². The van der Waals surface area contributed by atoms with Gasteiger partial charge >= 0.3 is 0 Å². The Morgan fingerprint density at radius 1 is 1.35 bits per heavy atom. The van der Waals surface area contributed by atoms with Crippen molar-refractivity contribution in [2.24, 2.45) is 5.73 Å². The lowest BCUT2D eigenvalue weighted by Crippen LogP contribution is -2.45. The fourth-order valence-electron chi connectivity index (χ4n) is 2.14. The summed E-state index contributed by atoms with van der Waals surface area (Å²) >= 11 is 0. The van der Waals surface area contributed by atoms with Crippen LogP contribution in [0.5, 0.6) is 0 Å². The largest absolute Gasteiger partial charge is 0.382 e. The molecule has 1 aliphatic rings. The number of nitrogens with zero attached hydrogens (tertiary/aromatic N) is 1. The highest BCUT2D eigenvalue weighted by molar-refractivity contribution is 5.77. The molecule has 1 saturated heterocycles. The van der Waals surface area contributed by atoms with Crippen LogP contribution in [-0.4, -0.2) is 56.9 Å². The summed E-state index contributed by atoms with van der Waals surface area (Å²) in [5, 5.41) is 0. The zero-order valence-corrected chi connectivity index (χ0v) is 10.7. The quantitative estimate of drug-likeness (QED) is 0.686. The van der Waals surface area contributed by atoms with E-state index in [0.29, 0.717) is 19.8 Å². The Kier molecular flexibility index (Phi) is 7.16. The molecule has 1 amide bonds. The van der Waals surface area contributed by atoms with E-state index in [4.69, 9.17) is 15.2 Å². The van der Waals surface area contributed by atoms with Crippen molar-refractivity contribution < 1.29 is 14.3 Å². The summed E-state index contributed by atoms with van der Waals surface area (Å²) in [5.41, 5.74) is 5.72. The lowest BCUT2D eigenvalue weighted by molar-refractivity contribution is -0.138. The number of methoxy groups -OCH3 is 1.